The molecule has 0 saturated heterocycles. The van der Waals surface area contributed by atoms with Crippen molar-refractivity contribution in [1.82, 2.24) is 4.98 Å². The summed E-state index contributed by atoms with van der Waals surface area (Å²) in [5.74, 6) is 0.790. The highest BCUT2D eigenvalue weighted by Gasteiger charge is 2.07. The van der Waals surface area contributed by atoms with Crippen molar-refractivity contribution >= 4 is 32.5 Å². The molecule has 1 heterocycles. The van der Waals surface area contributed by atoms with E-state index in [0.29, 0.717) is 12.3 Å². The first-order chi connectivity index (χ1) is 9.75. The molecule has 3 nitrogen and oxygen atoms in total. The first-order valence-corrected chi connectivity index (χ1v) is 7.04. The fourth-order valence-corrected chi connectivity index (χ4v) is 2.46. The van der Waals surface area contributed by atoms with Gasteiger partial charge in [-0.3, -0.25) is 4.98 Å². The van der Waals surface area contributed by atoms with Gasteiger partial charge in [0.05, 0.1) is 11.2 Å². The first-order valence-electron chi connectivity index (χ1n) is 6.25. The minimum atomic E-state index is 0.495. The van der Waals surface area contributed by atoms with Crippen molar-refractivity contribution < 1.29 is 4.74 Å². The number of nitrogen functional groups attached to an aromatic ring is 1. The Morgan fingerprint density at radius 2 is 1.90 bits per heavy atom. The number of halogens is 1. The Morgan fingerprint density at radius 3 is 2.75 bits per heavy atom. The lowest BCUT2D eigenvalue weighted by atomic mass is 10.1. The first kappa shape index (κ1) is 12.9. The number of nitrogens with zero attached hydrogens (tertiary/aromatic N) is 1. The molecular formula is C16H13BrN2O. The van der Waals surface area contributed by atoms with E-state index in [4.69, 9.17) is 10.5 Å². The average molecular weight is 329 g/mol. The van der Waals surface area contributed by atoms with E-state index in [-0.39, 0.29) is 0 Å². The minimum absolute atomic E-state index is 0.495. The second-order valence-electron chi connectivity index (χ2n) is 4.43. The summed E-state index contributed by atoms with van der Waals surface area (Å²) >= 11 is 3.52. The quantitative estimate of drug-likeness (QED) is 0.734. The van der Waals surface area contributed by atoms with E-state index in [9.17, 15) is 0 Å². The van der Waals surface area contributed by atoms with Crippen molar-refractivity contribution in [3.63, 3.8) is 0 Å². The molecule has 0 aliphatic carbocycles. The van der Waals surface area contributed by atoms with Gasteiger partial charge in [0.2, 0.25) is 0 Å². The van der Waals surface area contributed by atoms with Gasteiger partial charge in [-0.15, -0.1) is 0 Å². The van der Waals surface area contributed by atoms with E-state index in [0.717, 1.165) is 26.7 Å². The van der Waals surface area contributed by atoms with Crippen molar-refractivity contribution in [2.45, 2.75) is 6.61 Å². The summed E-state index contributed by atoms with van der Waals surface area (Å²) in [6.07, 6.45) is 1.73. The van der Waals surface area contributed by atoms with Gasteiger partial charge in [0.1, 0.15) is 12.4 Å². The van der Waals surface area contributed by atoms with Gasteiger partial charge in [-0.05, 0) is 30.3 Å². The molecule has 0 atom stereocenters. The topological polar surface area (TPSA) is 48.1 Å². The number of hydrogen-bond acceptors (Lipinski definition) is 3. The summed E-state index contributed by atoms with van der Waals surface area (Å²) in [6, 6.07) is 15.6. The molecule has 20 heavy (non-hydrogen) atoms. The fraction of sp³-hybridized carbons (Fsp3) is 0.0625. The van der Waals surface area contributed by atoms with Gasteiger partial charge in [0.15, 0.2) is 0 Å². The Bertz CT molecular complexity index is 758. The summed E-state index contributed by atoms with van der Waals surface area (Å²) in [7, 11) is 0. The molecule has 2 N–H and O–H groups in total. The van der Waals surface area contributed by atoms with E-state index in [1.807, 2.05) is 48.5 Å². The SMILES string of the molecule is Nc1ccc(OCc2ccccc2Br)c2cccnc12. The van der Waals surface area contributed by atoms with Crippen LogP contribution in [-0.2, 0) is 6.61 Å². The summed E-state index contributed by atoms with van der Waals surface area (Å²) in [4.78, 5) is 4.30. The van der Waals surface area contributed by atoms with E-state index in [1.165, 1.54) is 0 Å². The van der Waals surface area contributed by atoms with Gasteiger partial charge >= 0.3 is 0 Å². The number of nitrogens with two attached hydrogens (primary N) is 1. The van der Waals surface area contributed by atoms with Crippen LogP contribution >= 0.6 is 15.9 Å². The number of fused-ring (bicyclic) bond motifs is 1. The van der Waals surface area contributed by atoms with Crippen LogP contribution in [-0.4, -0.2) is 4.98 Å². The molecular weight excluding hydrogens is 316 g/mol. The third-order valence-electron chi connectivity index (χ3n) is 3.10. The molecule has 0 aliphatic rings. The van der Waals surface area contributed by atoms with Crippen LogP contribution in [0.15, 0.2) is 59.2 Å². The molecule has 0 radical (unpaired) electrons. The molecule has 2 aromatic carbocycles. The van der Waals surface area contributed by atoms with Crippen molar-refractivity contribution in [2.24, 2.45) is 0 Å². The van der Waals surface area contributed by atoms with Gasteiger partial charge in [-0.2, -0.15) is 0 Å². The predicted molar refractivity (Wildman–Crippen MR) is 84.6 cm³/mol. The van der Waals surface area contributed by atoms with Gasteiger partial charge in [0.25, 0.3) is 0 Å². The highest BCUT2D eigenvalue weighted by Crippen LogP contribution is 2.29. The normalized spacial score (nSPS) is 10.7. The minimum Gasteiger partial charge on any atom is -0.488 e. The maximum Gasteiger partial charge on any atom is 0.129 e. The molecule has 0 bridgehead atoms. The Kier molecular flexibility index (Phi) is 3.56. The molecule has 0 unspecified atom stereocenters. The Morgan fingerprint density at radius 1 is 1.05 bits per heavy atom. The number of rotatable bonds is 3. The Hall–Kier alpha value is -2.07. The van der Waals surface area contributed by atoms with Gasteiger partial charge in [-0.25, -0.2) is 0 Å². The van der Waals surface area contributed by atoms with Crippen molar-refractivity contribution in [2.75, 3.05) is 5.73 Å². The second-order valence-corrected chi connectivity index (χ2v) is 5.29. The second kappa shape index (κ2) is 5.51. The number of aromatic nitrogens is 1. The zero-order valence-electron chi connectivity index (χ0n) is 10.7. The van der Waals surface area contributed by atoms with E-state index < -0.39 is 0 Å². The Labute approximate surface area is 125 Å². The Balaban J connectivity index is 1.92. The maximum atomic E-state index is 5.93. The third kappa shape index (κ3) is 2.47. The molecule has 4 heteroatoms. The average Bonchev–Trinajstić information content (AvgIpc) is 2.48. The summed E-state index contributed by atoms with van der Waals surface area (Å²) in [5, 5.41) is 0.930. The van der Waals surface area contributed by atoms with Crippen LogP contribution in [0.1, 0.15) is 5.56 Å². The van der Waals surface area contributed by atoms with E-state index in [1.54, 1.807) is 6.20 Å². The molecule has 3 aromatic rings. The fourth-order valence-electron chi connectivity index (χ4n) is 2.07. The van der Waals surface area contributed by atoms with Crippen LogP contribution < -0.4 is 10.5 Å². The standard InChI is InChI=1S/C16H13BrN2O/c17-13-6-2-1-4-11(13)10-20-15-8-7-14(18)16-12(15)5-3-9-19-16/h1-9H,10,18H2. The molecule has 1 aromatic heterocycles. The van der Waals surface area contributed by atoms with E-state index >= 15 is 0 Å². The lowest BCUT2D eigenvalue weighted by molar-refractivity contribution is 0.309. The van der Waals surface area contributed by atoms with Gasteiger partial charge in [0, 0.05) is 21.6 Å². The summed E-state index contributed by atoms with van der Waals surface area (Å²) in [5.41, 5.74) is 8.47. The largest absolute Gasteiger partial charge is 0.488 e. The monoisotopic (exact) mass is 328 g/mol. The maximum absolute atomic E-state index is 5.93. The van der Waals surface area contributed by atoms with Crippen LogP contribution in [0, 0.1) is 0 Å². The number of anilines is 1. The summed E-state index contributed by atoms with van der Waals surface area (Å²) in [6.45, 7) is 0.495. The third-order valence-corrected chi connectivity index (χ3v) is 3.88. The molecule has 100 valence electrons. The van der Waals surface area contributed by atoms with Crippen LogP contribution in [0.2, 0.25) is 0 Å². The lowest BCUT2D eigenvalue weighted by Crippen LogP contribution is -1.98. The molecule has 0 amide bonds. The summed E-state index contributed by atoms with van der Waals surface area (Å²) < 4.78 is 6.96. The van der Waals surface area contributed by atoms with Crippen LogP contribution in [0.25, 0.3) is 10.9 Å². The number of ether oxygens (including phenoxy) is 1. The van der Waals surface area contributed by atoms with E-state index in [2.05, 4.69) is 20.9 Å². The number of pyridine rings is 1. The highest BCUT2D eigenvalue weighted by molar-refractivity contribution is 9.10. The molecule has 0 fully saturated rings. The number of benzene rings is 2. The highest BCUT2D eigenvalue weighted by atomic mass is 79.9. The van der Waals surface area contributed by atoms with Gasteiger partial charge in [-0.1, -0.05) is 34.1 Å². The smallest absolute Gasteiger partial charge is 0.129 e. The zero-order chi connectivity index (χ0) is 13.9. The number of hydrogen-bond donors (Lipinski definition) is 1. The van der Waals surface area contributed by atoms with Crippen LogP contribution in [0.5, 0.6) is 5.75 Å². The van der Waals surface area contributed by atoms with Crippen molar-refractivity contribution in [3.05, 3.63) is 64.8 Å². The molecule has 0 aliphatic heterocycles. The molecule has 3 rings (SSSR count). The van der Waals surface area contributed by atoms with Gasteiger partial charge < -0.3 is 10.5 Å². The lowest BCUT2D eigenvalue weighted by Gasteiger charge is -2.11. The zero-order valence-corrected chi connectivity index (χ0v) is 12.3. The van der Waals surface area contributed by atoms with Crippen LogP contribution in [0.3, 0.4) is 0 Å². The molecule has 0 saturated carbocycles. The predicted octanol–water partition coefficient (Wildman–Crippen LogP) is 4.16. The van der Waals surface area contributed by atoms with Crippen molar-refractivity contribution in [1.29, 1.82) is 0 Å². The van der Waals surface area contributed by atoms with Crippen molar-refractivity contribution in [3.8, 4) is 5.75 Å². The van der Waals surface area contributed by atoms with Crippen LogP contribution in [0.4, 0.5) is 5.69 Å². The molecule has 0 spiro atoms.